The molecule has 0 atom stereocenters. The average molecular weight is 414 g/mol. The van der Waals surface area contributed by atoms with Gasteiger partial charge in [0.05, 0.1) is 37.5 Å². The number of aryl methyl sites for hydroxylation is 1. The number of fused-ring (bicyclic) bond motifs is 1. The number of carbonyl (C=O) groups excluding carboxylic acids is 1. The van der Waals surface area contributed by atoms with Gasteiger partial charge in [0.15, 0.2) is 5.65 Å². The molecule has 2 heterocycles. The molecule has 1 amide bonds. The largest absolute Gasteiger partial charge is 0.497 e. The average Bonchev–Trinajstić information content (AvgIpc) is 3.14. The minimum Gasteiger partial charge on any atom is -0.497 e. The number of anilines is 1. The lowest BCUT2D eigenvalue weighted by atomic mass is 10.1. The number of methoxy groups -OCH3 is 2. The monoisotopic (exact) mass is 414 g/mol. The van der Waals surface area contributed by atoms with Crippen LogP contribution < -0.4 is 14.8 Å². The number of amides is 1. The van der Waals surface area contributed by atoms with Gasteiger partial charge in [0.2, 0.25) is 5.91 Å². The van der Waals surface area contributed by atoms with Gasteiger partial charge in [0, 0.05) is 17.0 Å². The first kappa shape index (κ1) is 20.2. The SMILES string of the molecule is COc1ccc(OC)c(/C=C/C(=O)Nc2cnc3c(c2)c(C)nn3-c2ccccc2)c1. The molecular formula is C24H22N4O3. The Morgan fingerprint density at radius 3 is 2.61 bits per heavy atom. The Bertz CT molecular complexity index is 1260. The van der Waals surface area contributed by atoms with Crippen molar-refractivity contribution < 1.29 is 14.3 Å². The number of nitrogens with zero attached hydrogens (tertiary/aromatic N) is 3. The molecule has 2 aromatic heterocycles. The Morgan fingerprint density at radius 2 is 1.87 bits per heavy atom. The second-order valence-corrected chi connectivity index (χ2v) is 6.86. The first-order valence-corrected chi connectivity index (χ1v) is 9.71. The molecule has 7 nitrogen and oxygen atoms in total. The van der Waals surface area contributed by atoms with E-state index in [0.717, 1.165) is 28.0 Å². The molecule has 0 unspecified atom stereocenters. The van der Waals surface area contributed by atoms with Crippen molar-refractivity contribution in [1.29, 1.82) is 0 Å². The molecule has 4 rings (SSSR count). The first-order valence-electron chi connectivity index (χ1n) is 9.71. The maximum atomic E-state index is 12.5. The van der Waals surface area contributed by atoms with Crippen molar-refractivity contribution in [1.82, 2.24) is 14.8 Å². The lowest BCUT2D eigenvalue weighted by molar-refractivity contribution is -0.111. The fourth-order valence-corrected chi connectivity index (χ4v) is 3.28. The second-order valence-electron chi connectivity index (χ2n) is 6.86. The van der Waals surface area contributed by atoms with Crippen LogP contribution in [0.2, 0.25) is 0 Å². The Labute approximate surface area is 179 Å². The highest BCUT2D eigenvalue weighted by atomic mass is 16.5. The van der Waals surface area contributed by atoms with Gasteiger partial charge in [-0.25, -0.2) is 9.67 Å². The molecule has 0 aliphatic rings. The molecule has 2 aromatic carbocycles. The molecule has 1 N–H and O–H groups in total. The molecule has 0 radical (unpaired) electrons. The number of hydrogen-bond acceptors (Lipinski definition) is 5. The van der Waals surface area contributed by atoms with E-state index in [1.54, 1.807) is 49.4 Å². The molecule has 156 valence electrons. The van der Waals surface area contributed by atoms with Gasteiger partial charge in [0.1, 0.15) is 11.5 Å². The number of ether oxygens (including phenoxy) is 2. The van der Waals surface area contributed by atoms with Crippen LogP contribution in [0.4, 0.5) is 5.69 Å². The molecule has 0 aliphatic heterocycles. The smallest absolute Gasteiger partial charge is 0.248 e. The van der Waals surface area contributed by atoms with Gasteiger partial charge in [-0.1, -0.05) is 18.2 Å². The summed E-state index contributed by atoms with van der Waals surface area (Å²) in [6.07, 6.45) is 4.75. The zero-order chi connectivity index (χ0) is 21.8. The fraction of sp³-hybridized carbons (Fsp3) is 0.125. The first-order chi connectivity index (χ1) is 15.1. The van der Waals surface area contributed by atoms with E-state index in [1.165, 1.54) is 6.08 Å². The van der Waals surface area contributed by atoms with Crippen LogP contribution in [0, 0.1) is 6.92 Å². The number of rotatable bonds is 6. The van der Waals surface area contributed by atoms with E-state index in [2.05, 4.69) is 15.4 Å². The van der Waals surface area contributed by atoms with Gasteiger partial charge in [-0.2, -0.15) is 5.10 Å². The standard InChI is InChI=1S/C24H22N4O3/c1-16-21-14-18(15-25-24(21)28(27-16)19-7-5-4-6-8-19)26-23(29)12-9-17-13-20(30-2)10-11-22(17)31-3/h4-15H,1-3H3,(H,26,29)/b12-9+. The van der Waals surface area contributed by atoms with Crippen LogP contribution in [0.25, 0.3) is 22.8 Å². The van der Waals surface area contributed by atoms with Crippen molar-refractivity contribution in [2.45, 2.75) is 6.92 Å². The van der Waals surface area contributed by atoms with Gasteiger partial charge in [0.25, 0.3) is 0 Å². The summed E-state index contributed by atoms with van der Waals surface area (Å²) in [5.41, 5.74) is 3.83. The van der Waals surface area contributed by atoms with Crippen LogP contribution in [0.3, 0.4) is 0 Å². The van der Waals surface area contributed by atoms with E-state index < -0.39 is 0 Å². The number of pyridine rings is 1. The Kier molecular flexibility index (Phi) is 5.66. The number of aromatic nitrogens is 3. The summed E-state index contributed by atoms with van der Waals surface area (Å²) < 4.78 is 12.4. The van der Waals surface area contributed by atoms with Crippen molar-refractivity contribution in [2.24, 2.45) is 0 Å². The van der Waals surface area contributed by atoms with Crippen LogP contribution in [-0.4, -0.2) is 34.9 Å². The van der Waals surface area contributed by atoms with Crippen molar-refractivity contribution in [2.75, 3.05) is 19.5 Å². The molecular weight excluding hydrogens is 392 g/mol. The molecule has 31 heavy (non-hydrogen) atoms. The molecule has 0 spiro atoms. The predicted octanol–water partition coefficient (Wildman–Crippen LogP) is 4.40. The molecule has 7 heteroatoms. The van der Waals surface area contributed by atoms with Gasteiger partial charge >= 0.3 is 0 Å². The van der Waals surface area contributed by atoms with Crippen molar-refractivity contribution >= 4 is 28.7 Å². The summed E-state index contributed by atoms with van der Waals surface area (Å²) in [6, 6.07) is 17.1. The summed E-state index contributed by atoms with van der Waals surface area (Å²) >= 11 is 0. The zero-order valence-electron chi connectivity index (χ0n) is 17.5. The van der Waals surface area contributed by atoms with Crippen LogP contribution in [0.5, 0.6) is 11.5 Å². The Morgan fingerprint density at radius 1 is 1.06 bits per heavy atom. The molecule has 0 saturated carbocycles. The zero-order valence-corrected chi connectivity index (χ0v) is 17.5. The normalized spacial score (nSPS) is 11.1. The number of carbonyl (C=O) groups is 1. The molecule has 0 saturated heterocycles. The van der Waals surface area contributed by atoms with E-state index in [0.29, 0.717) is 17.2 Å². The minimum atomic E-state index is -0.279. The number of para-hydroxylation sites is 1. The van der Waals surface area contributed by atoms with Gasteiger partial charge in [-0.15, -0.1) is 0 Å². The summed E-state index contributed by atoms with van der Waals surface area (Å²) in [7, 11) is 3.17. The van der Waals surface area contributed by atoms with Crippen LogP contribution in [-0.2, 0) is 4.79 Å². The van der Waals surface area contributed by atoms with Crippen molar-refractivity contribution in [3.8, 4) is 17.2 Å². The van der Waals surface area contributed by atoms with E-state index in [9.17, 15) is 4.79 Å². The predicted molar refractivity (Wildman–Crippen MR) is 121 cm³/mol. The Hall–Kier alpha value is -4.13. The fourth-order valence-electron chi connectivity index (χ4n) is 3.28. The molecule has 0 aliphatic carbocycles. The van der Waals surface area contributed by atoms with E-state index in [-0.39, 0.29) is 5.91 Å². The highest BCUT2D eigenvalue weighted by molar-refractivity contribution is 6.03. The van der Waals surface area contributed by atoms with Crippen LogP contribution in [0.1, 0.15) is 11.3 Å². The van der Waals surface area contributed by atoms with E-state index in [1.807, 2.05) is 43.3 Å². The lowest BCUT2D eigenvalue weighted by Gasteiger charge is -2.07. The van der Waals surface area contributed by atoms with Gasteiger partial charge in [-0.3, -0.25) is 4.79 Å². The van der Waals surface area contributed by atoms with Crippen molar-refractivity contribution in [3.63, 3.8) is 0 Å². The highest BCUT2D eigenvalue weighted by Crippen LogP contribution is 2.26. The third-order valence-electron chi connectivity index (χ3n) is 4.83. The van der Waals surface area contributed by atoms with Gasteiger partial charge < -0.3 is 14.8 Å². The minimum absolute atomic E-state index is 0.279. The maximum absolute atomic E-state index is 12.5. The highest BCUT2D eigenvalue weighted by Gasteiger charge is 2.12. The number of hydrogen-bond donors (Lipinski definition) is 1. The van der Waals surface area contributed by atoms with E-state index in [4.69, 9.17) is 9.47 Å². The lowest BCUT2D eigenvalue weighted by Crippen LogP contribution is -2.08. The summed E-state index contributed by atoms with van der Waals surface area (Å²) in [6.45, 7) is 1.92. The van der Waals surface area contributed by atoms with Gasteiger partial charge in [-0.05, 0) is 49.4 Å². The molecule has 0 bridgehead atoms. The third-order valence-corrected chi connectivity index (χ3v) is 4.83. The number of benzene rings is 2. The van der Waals surface area contributed by atoms with Crippen LogP contribution >= 0.6 is 0 Å². The molecule has 0 fully saturated rings. The topological polar surface area (TPSA) is 78.3 Å². The third kappa shape index (κ3) is 4.25. The summed E-state index contributed by atoms with van der Waals surface area (Å²) in [4.78, 5) is 17.0. The summed E-state index contributed by atoms with van der Waals surface area (Å²) in [5, 5.41) is 8.32. The number of nitrogens with one attached hydrogen (secondary N) is 1. The summed E-state index contributed by atoms with van der Waals surface area (Å²) in [5.74, 6) is 1.05. The Balaban J connectivity index is 1.56. The quantitative estimate of drug-likeness (QED) is 0.473. The molecule has 4 aromatic rings. The second kappa shape index (κ2) is 8.71. The van der Waals surface area contributed by atoms with E-state index >= 15 is 0 Å². The van der Waals surface area contributed by atoms with Crippen molar-refractivity contribution in [3.05, 3.63) is 78.1 Å². The maximum Gasteiger partial charge on any atom is 0.248 e. The van der Waals surface area contributed by atoms with Crippen LogP contribution in [0.15, 0.2) is 66.9 Å².